The number of carbonyl (C=O) groups excluding carboxylic acids is 1. The lowest BCUT2D eigenvalue weighted by Gasteiger charge is -2.42. The Kier molecular flexibility index (Phi) is 7.86. The van der Waals surface area contributed by atoms with Gasteiger partial charge in [-0.25, -0.2) is 9.98 Å². The van der Waals surface area contributed by atoms with Crippen molar-refractivity contribution in [3.63, 3.8) is 0 Å². The zero-order chi connectivity index (χ0) is 25.8. The highest BCUT2D eigenvalue weighted by Gasteiger charge is 2.40. The minimum atomic E-state index is -0.419. The van der Waals surface area contributed by atoms with Gasteiger partial charge in [0.1, 0.15) is 5.69 Å². The third kappa shape index (κ3) is 5.05. The summed E-state index contributed by atoms with van der Waals surface area (Å²) in [7, 11) is 4.75. The number of hydrogen-bond acceptors (Lipinski definition) is 7. The third-order valence-corrected chi connectivity index (χ3v) is 6.83. The Morgan fingerprint density at radius 3 is 2.06 bits per heavy atom. The van der Waals surface area contributed by atoms with Crippen LogP contribution in [0, 0.1) is 11.8 Å². The van der Waals surface area contributed by atoms with Gasteiger partial charge in [-0.2, -0.15) is 0 Å². The molecule has 1 aliphatic heterocycles. The first-order valence-electron chi connectivity index (χ1n) is 11.6. The molecule has 0 saturated carbocycles. The quantitative estimate of drug-likeness (QED) is 0.495. The predicted molar refractivity (Wildman–Crippen MR) is 138 cm³/mol. The van der Waals surface area contributed by atoms with Crippen LogP contribution in [0.5, 0.6) is 17.2 Å². The smallest absolute Gasteiger partial charge is 0.297 e. The molecule has 1 N–H and O–H groups in total. The Labute approximate surface area is 215 Å². The molecule has 36 heavy (non-hydrogen) atoms. The van der Waals surface area contributed by atoms with E-state index in [4.69, 9.17) is 25.8 Å². The molecule has 8 nitrogen and oxygen atoms in total. The van der Waals surface area contributed by atoms with Crippen LogP contribution >= 0.6 is 11.6 Å². The van der Waals surface area contributed by atoms with Crippen LogP contribution in [0.15, 0.2) is 60.0 Å². The summed E-state index contributed by atoms with van der Waals surface area (Å²) < 4.78 is 16.7. The number of aliphatic imine (C=N–C) groups is 1. The Hall–Kier alpha value is -3.49. The Balaban J connectivity index is 1.82. The van der Waals surface area contributed by atoms with Crippen LogP contribution in [0.1, 0.15) is 47.5 Å². The third-order valence-electron chi connectivity index (χ3n) is 6.58. The first kappa shape index (κ1) is 25.6. The molecular weight excluding hydrogens is 480 g/mol. The van der Waals surface area contributed by atoms with Crippen molar-refractivity contribution < 1.29 is 19.0 Å². The van der Waals surface area contributed by atoms with Crippen molar-refractivity contribution in [1.29, 1.82) is 0 Å². The number of rotatable bonds is 6. The molecule has 1 saturated heterocycles. The topological polar surface area (TPSA) is 94.9 Å². The SMILES string of the molecule is COc1cc(C2NC(c3ccc(Cl)cc3)C(C)C(=NC(=O)c3cnccn3)C2C)cc(OC)c1OC. The van der Waals surface area contributed by atoms with Crippen LogP contribution < -0.4 is 19.5 Å². The molecule has 0 bridgehead atoms. The van der Waals surface area contributed by atoms with Crippen LogP contribution in [0.2, 0.25) is 5.02 Å². The standard InChI is InChI=1S/C27H29ClN4O4/c1-15-23(32-27(33)20-14-29-10-11-30-20)16(2)25(31-24(15)17-6-8-19(28)9-7-17)18-12-21(34-3)26(36-5)22(13-18)35-4/h6-16,24-25,31H,1-5H3. The van der Waals surface area contributed by atoms with E-state index in [1.165, 1.54) is 18.6 Å². The van der Waals surface area contributed by atoms with Crippen molar-refractivity contribution in [2.45, 2.75) is 25.9 Å². The van der Waals surface area contributed by atoms with Gasteiger partial charge < -0.3 is 19.5 Å². The summed E-state index contributed by atoms with van der Waals surface area (Å²) in [4.78, 5) is 25.7. The fourth-order valence-electron chi connectivity index (χ4n) is 4.75. The fraction of sp³-hybridized carbons (Fsp3) is 0.333. The molecule has 9 heteroatoms. The summed E-state index contributed by atoms with van der Waals surface area (Å²) in [5.41, 5.74) is 2.93. The summed E-state index contributed by atoms with van der Waals surface area (Å²) in [6.07, 6.45) is 4.44. The highest BCUT2D eigenvalue weighted by atomic mass is 35.5. The molecule has 4 atom stereocenters. The minimum Gasteiger partial charge on any atom is -0.493 e. The number of methoxy groups -OCH3 is 3. The van der Waals surface area contributed by atoms with Crippen molar-refractivity contribution in [2.24, 2.45) is 16.8 Å². The number of aromatic nitrogens is 2. The van der Waals surface area contributed by atoms with Gasteiger partial charge in [-0.1, -0.05) is 37.6 Å². The van der Waals surface area contributed by atoms with Crippen molar-refractivity contribution >= 4 is 23.2 Å². The van der Waals surface area contributed by atoms with Gasteiger partial charge in [0.2, 0.25) is 5.75 Å². The van der Waals surface area contributed by atoms with Crippen molar-refractivity contribution in [3.8, 4) is 17.2 Å². The minimum absolute atomic E-state index is 0.0833. The van der Waals surface area contributed by atoms with Gasteiger partial charge in [-0.15, -0.1) is 0 Å². The van der Waals surface area contributed by atoms with E-state index in [1.807, 2.05) is 36.4 Å². The molecule has 4 unspecified atom stereocenters. The first-order chi connectivity index (χ1) is 17.4. The summed E-state index contributed by atoms with van der Waals surface area (Å²) in [5, 5.41) is 4.43. The van der Waals surface area contributed by atoms with Gasteiger partial charge >= 0.3 is 0 Å². The molecule has 0 radical (unpaired) electrons. The molecule has 1 amide bonds. The Morgan fingerprint density at radius 1 is 0.917 bits per heavy atom. The second-order valence-electron chi connectivity index (χ2n) is 8.64. The van der Waals surface area contributed by atoms with Gasteiger partial charge in [-0.05, 0) is 35.4 Å². The molecular formula is C27H29ClN4O4. The van der Waals surface area contributed by atoms with Gasteiger partial charge in [0.05, 0.1) is 27.5 Å². The van der Waals surface area contributed by atoms with E-state index in [0.717, 1.165) is 16.8 Å². The molecule has 0 spiro atoms. The Morgan fingerprint density at radius 2 is 1.53 bits per heavy atom. The molecule has 2 heterocycles. The van der Waals surface area contributed by atoms with Crippen LogP contribution in [0.4, 0.5) is 0 Å². The number of halogens is 1. The van der Waals surface area contributed by atoms with Crippen LogP contribution in [-0.4, -0.2) is 42.9 Å². The normalized spacial score (nSPS) is 22.8. The molecule has 1 fully saturated rings. The predicted octanol–water partition coefficient (Wildman–Crippen LogP) is 5.10. The molecule has 188 valence electrons. The van der Waals surface area contributed by atoms with E-state index in [-0.39, 0.29) is 29.6 Å². The zero-order valence-electron chi connectivity index (χ0n) is 20.9. The van der Waals surface area contributed by atoms with Crippen molar-refractivity contribution in [1.82, 2.24) is 15.3 Å². The lowest BCUT2D eigenvalue weighted by molar-refractivity contribution is 0.0995. The van der Waals surface area contributed by atoms with Gasteiger partial charge in [0.25, 0.3) is 5.91 Å². The fourth-order valence-corrected chi connectivity index (χ4v) is 4.87. The van der Waals surface area contributed by atoms with Crippen LogP contribution in [0.25, 0.3) is 0 Å². The number of benzene rings is 2. The number of piperidine rings is 1. The summed E-state index contributed by atoms with van der Waals surface area (Å²) in [6.45, 7) is 4.12. The van der Waals surface area contributed by atoms with Crippen molar-refractivity contribution in [3.05, 3.63) is 76.8 Å². The average molecular weight is 509 g/mol. The van der Waals surface area contributed by atoms with E-state index in [9.17, 15) is 4.79 Å². The lowest BCUT2D eigenvalue weighted by atomic mass is 9.75. The maximum atomic E-state index is 13.0. The number of ether oxygens (including phenoxy) is 3. The highest BCUT2D eigenvalue weighted by Crippen LogP contribution is 2.44. The summed E-state index contributed by atoms with van der Waals surface area (Å²) >= 11 is 6.15. The van der Waals surface area contributed by atoms with Gasteiger partial charge in [0, 0.05) is 47.0 Å². The maximum absolute atomic E-state index is 13.0. The number of amides is 1. The van der Waals surface area contributed by atoms with E-state index < -0.39 is 5.91 Å². The van der Waals surface area contributed by atoms with E-state index in [1.54, 1.807) is 21.3 Å². The van der Waals surface area contributed by atoms with Crippen LogP contribution in [-0.2, 0) is 0 Å². The number of hydrogen-bond donors (Lipinski definition) is 1. The molecule has 3 aromatic rings. The molecule has 1 aromatic heterocycles. The molecule has 2 aromatic carbocycles. The van der Waals surface area contributed by atoms with Crippen molar-refractivity contribution in [2.75, 3.05) is 21.3 Å². The molecule has 1 aliphatic rings. The van der Waals surface area contributed by atoms with Gasteiger partial charge in [0.15, 0.2) is 11.5 Å². The van der Waals surface area contributed by atoms with E-state index in [2.05, 4.69) is 34.1 Å². The largest absolute Gasteiger partial charge is 0.493 e. The lowest BCUT2D eigenvalue weighted by Crippen LogP contribution is -2.47. The molecule has 4 rings (SSSR count). The summed E-state index contributed by atoms with van der Waals surface area (Å²) in [5.74, 6) is 0.985. The maximum Gasteiger partial charge on any atom is 0.297 e. The van der Waals surface area contributed by atoms with Crippen LogP contribution in [0.3, 0.4) is 0 Å². The second-order valence-corrected chi connectivity index (χ2v) is 9.08. The zero-order valence-corrected chi connectivity index (χ0v) is 21.6. The number of carbonyl (C=O) groups is 1. The highest BCUT2D eigenvalue weighted by molar-refractivity contribution is 6.30. The Bertz CT molecular complexity index is 1230. The summed E-state index contributed by atoms with van der Waals surface area (Å²) in [6, 6.07) is 11.2. The van der Waals surface area contributed by atoms with E-state index >= 15 is 0 Å². The van der Waals surface area contributed by atoms with E-state index in [0.29, 0.717) is 22.3 Å². The number of nitrogens with zero attached hydrogens (tertiary/aromatic N) is 3. The average Bonchev–Trinajstić information content (AvgIpc) is 2.91. The van der Waals surface area contributed by atoms with Gasteiger partial charge in [-0.3, -0.25) is 9.78 Å². The number of nitrogens with one attached hydrogen (secondary N) is 1. The monoisotopic (exact) mass is 508 g/mol. The first-order valence-corrected chi connectivity index (χ1v) is 12.0. The molecule has 0 aliphatic carbocycles. The second kappa shape index (κ2) is 11.1.